The zero-order chi connectivity index (χ0) is 19.7. The number of amides is 1. The number of rotatable bonds is 4. The minimum atomic E-state index is -0.741. The van der Waals surface area contributed by atoms with Crippen LogP contribution in [0, 0.1) is 11.6 Å². The van der Waals surface area contributed by atoms with Crippen LogP contribution in [0.3, 0.4) is 0 Å². The lowest BCUT2D eigenvalue weighted by Gasteiger charge is -2.08. The second kappa shape index (κ2) is 7.07. The largest absolute Gasteiger partial charge is 0.366 e. The number of nitrogens with zero attached hydrogens (tertiary/aromatic N) is 3. The molecule has 0 fully saturated rings. The first kappa shape index (κ1) is 17.6. The first-order valence-corrected chi connectivity index (χ1v) is 8.44. The lowest BCUT2D eigenvalue weighted by molar-refractivity contribution is -0.115. The van der Waals surface area contributed by atoms with Crippen LogP contribution in [0.5, 0.6) is 0 Å². The molecule has 2 aromatic heterocycles. The highest BCUT2D eigenvalue weighted by Gasteiger charge is 2.10. The summed E-state index contributed by atoms with van der Waals surface area (Å²) in [6.45, 7) is 0. The molecule has 0 aliphatic heterocycles. The predicted octanol–water partition coefficient (Wildman–Crippen LogP) is 3.44. The first-order chi connectivity index (χ1) is 13.5. The van der Waals surface area contributed by atoms with E-state index in [9.17, 15) is 13.6 Å². The van der Waals surface area contributed by atoms with Gasteiger partial charge in [-0.1, -0.05) is 18.2 Å². The number of halogens is 2. The van der Waals surface area contributed by atoms with Gasteiger partial charge in [0.1, 0.15) is 11.6 Å². The zero-order valence-corrected chi connectivity index (χ0v) is 14.6. The fraction of sp³-hybridized carbons (Fsp3) is 0.0500. The Hall–Kier alpha value is -3.81. The number of nitrogens with one attached hydrogen (secondary N) is 1. The van der Waals surface area contributed by atoms with Crippen LogP contribution in [-0.4, -0.2) is 20.5 Å². The minimum Gasteiger partial charge on any atom is -0.366 e. The molecule has 0 bridgehead atoms. The van der Waals surface area contributed by atoms with Crippen molar-refractivity contribution >= 4 is 23.2 Å². The van der Waals surface area contributed by atoms with Gasteiger partial charge in [0, 0.05) is 23.5 Å². The summed E-state index contributed by atoms with van der Waals surface area (Å²) >= 11 is 0. The van der Waals surface area contributed by atoms with Gasteiger partial charge in [-0.3, -0.25) is 4.79 Å². The molecule has 0 spiro atoms. The smallest absolute Gasteiger partial charge is 0.240 e. The van der Waals surface area contributed by atoms with E-state index in [1.807, 2.05) is 30.5 Å². The average molecular weight is 379 g/mol. The highest BCUT2D eigenvalue weighted by Crippen LogP contribution is 2.22. The third kappa shape index (κ3) is 3.66. The van der Waals surface area contributed by atoms with Crippen molar-refractivity contribution < 1.29 is 13.6 Å². The molecule has 1 amide bonds. The van der Waals surface area contributed by atoms with Crippen molar-refractivity contribution in [1.29, 1.82) is 0 Å². The third-order valence-corrected chi connectivity index (χ3v) is 4.22. The fourth-order valence-corrected chi connectivity index (χ4v) is 2.86. The van der Waals surface area contributed by atoms with Crippen LogP contribution in [0.15, 0.2) is 60.8 Å². The molecule has 2 heterocycles. The second-order valence-electron chi connectivity index (χ2n) is 6.23. The summed E-state index contributed by atoms with van der Waals surface area (Å²) in [6, 6.07) is 14.0. The molecule has 28 heavy (non-hydrogen) atoms. The molecule has 0 radical (unpaired) electrons. The van der Waals surface area contributed by atoms with Crippen LogP contribution >= 0.6 is 0 Å². The molecule has 3 N–H and O–H groups in total. The lowest BCUT2D eigenvalue weighted by Crippen LogP contribution is -2.15. The van der Waals surface area contributed by atoms with Crippen molar-refractivity contribution in [2.45, 2.75) is 6.42 Å². The van der Waals surface area contributed by atoms with E-state index < -0.39 is 17.5 Å². The molecular weight excluding hydrogens is 364 g/mol. The Balaban J connectivity index is 1.47. The number of fused-ring (bicyclic) bond motifs is 1. The Bertz CT molecular complexity index is 1170. The maximum Gasteiger partial charge on any atom is 0.240 e. The quantitative estimate of drug-likeness (QED) is 0.569. The number of hydrogen-bond acceptors (Lipinski definition) is 4. The molecule has 8 heteroatoms. The van der Waals surface area contributed by atoms with Crippen LogP contribution in [0.2, 0.25) is 0 Å². The molecule has 4 aromatic rings. The van der Waals surface area contributed by atoms with E-state index in [1.54, 1.807) is 16.6 Å². The molecule has 2 aromatic carbocycles. The molecule has 0 atom stereocenters. The summed E-state index contributed by atoms with van der Waals surface area (Å²) in [7, 11) is 0. The summed E-state index contributed by atoms with van der Waals surface area (Å²) in [4.78, 5) is 16.2. The summed E-state index contributed by atoms with van der Waals surface area (Å²) < 4.78 is 28.2. The van der Waals surface area contributed by atoms with Crippen LogP contribution in [0.1, 0.15) is 5.56 Å². The number of carbonyl (C=O) groups is 1. The number of carbonyl (C=O) groups excluding carboxylic acids is 1. The molecule has 6 nitrogen and oxygen atoms in total. The van der Waals surface area contributed by atoms with Crippen LogP contribution in [-0.2, 0) is 11.2 Å². The van der Waals surface area contributed by atoms with Crippen molar-refractivity contribution in [3.05, 3.63) is 78.0 Å². The van der Waals surface area contributed by atoms with E-state index in [-0.39, 0.29) is 17.9 Å². The van der Waals surface area contributed by atoms with Gasteiger partial charge in [0.15, 0.2) is 5.65 Å². The summed E-state index contributed by atoms with van der Waals surface area (Å²) in [6.07, 6.45) is 1.63. The Kier molecular flexibility index (Phi) is 4.44. The number of nitrogens with two attached hydrogens (primary N) is 1. The van der Waals surface area contributed by atoms with Crippen molar-refractivity contribution in [2.75, 3.05) is 11.1 Å². The number of hydrogen-bond donors (Lipinski definition) is 2. The Morgan fingerprint density at radius 2 is 1.79 bits per heavy atom. The number of benzene rings is 2. The fourth-order valence-electron chi connectivity index (χ4n) is 2.86. The number of nitrogen functional groups attached to an aromatic ring is 1. The topological polar surface area (TPSA) is 85.3 Å². The van der Waals surface area contributed by atoms with E-state index >= 15 is 0 Å². The number of pyridine rings is 1. The van der Waals surface area contributed by atoms with E-state index in [4.69, 9.17) is 5.73 Å². The highest BCUT2D eigenvalue weighted by atomic mass is 19.1. The van der Waals surface area contributed by atoms with Crippen LogP contribution in [0.4, 0.5) is 20.4 Å². The lowest BCUT2D eigenvalue weighted by atomic mass is 10.1. The average Bonchev–Trinajstić information content (AvgIpc) is 3.04. The summed E-state index contributed by atoms with van der Waals surface area (Å²) in [5, 5.41) is 6.78. The monoisotopic (exact) mass is 379 g/mol. The Labute approximate surface area is 158 Å². The molecule has 0 unspecified atom stereocenters. The van der Waals surface area contributed by atoms with Gasteiger partial charge < -0.3 is 11.1 Å². The summed E-state index contributed by atoms with van der Waals surface area (Å²) in [5.74, 6) is -1.61. The molecule has 0 saturated heterocycles. The van der Waals surface area contributed by atoms with E-state index in [0.29, 0.717) is 11.3 Å². The van der Waals surface area contributed by atoms with Gasteiger partial charge in [0.05, 0.1) is 6.42 Å². The van der Waals surface area contributed by atoms with Crippen molar-refractivity contribution in [2.24, 2.45) is 0 Å². The number of anilines is 2. The van der Waals surface area contributed by atoms with Gasteiger partial charge >= 0.3 is 0 Å². The maximum absolute atomic E-state index is 13.7. The van der Waals surface area contributed by atoms with Crippen molar-refractivity contribution in [3.63, 3.8) is 0 Å². The Morgan fingerprint density at radius 1 is 1.04 bits per heavy atom. The van der Waals surface area contributed by atoms with Gasteiger partial charge in [0.2, 0.25) is 11.9 Å². The van der Waals surface area contributed by atoms with Crippen molar-refractivity contribution in [3.8, 4) is 11.1 Å². The van der Waals surface area contributed by atoms with Gasteiger partial charge in [-0.05, 0) is 41.5 Å². The van der Waals surface area contributed by atoms with Gasteiger partial charge in [0.25, 0.3) is 0 Å². The van der Waals surface area contributed by atoms with E-state index in [1.165, 1.54) is 6.07 Å². The standard InChI is InChI=1S/C20H15F2N5O/c21-15-5-1-13(17(22)10-15)9-19(28)24-16-6-2-12(3-7-16)14-4-8-18-25-20(23)26-27(18)11-14/h1-8,10-11H,9H2,(H2,23,26)(H,24,28). The van der Waals surface area contributed by atoms with Crippen LogP contribution < -0.4 is 11.1 Å². The molecular formula is C20H15F2N5O. The molecule has 0 aliphatic rings. The van der Waals surface area contributed by atoms with E-state index in [2.05, 4.69) is 15.4 Å². The zero-order valence-electron chi connectivity index (χ0n) is 14.6. The Morgan fingerprint density at radius 3 is 2.54 bits per heavy atom. The third-order valence-electron chi connectivity index (χ3n) is 4.22. The molecule has 4 rings (SSSR count). The predicted molar refractivity (Wildman–Crippen MR) is 102 cm³/mol. The summed E-state index contributed by atoms with van der Waals surface area (Å²) in [5.41, 5.74) is 8.77. The van der Waals surface area contributed by atoms with Gasteiger partial charge in [-0.2, -0.15) is 4.98 Å². The molecule has 140 valence electrons. The highest BCUT2D eigenvalue weighted by molar-refractivity contribution is 5.92. The van der Waals surface area contributed by atoms with Crippen molar-refractivity contribution in [1.82, 2.24) is 14.6 Å². The second-order valence-corrected chi connectivity index (χ2v) is 6.23. The number of aromatic nitrogens is 3. The molecule has 0 saturated carbocycles. The SMILES string of the molecule is Nc1nc2ccc(-c3ccc(NC(=O)Cc4ccc(F)cc4F)cc3)cn2n1. The molecule has 0 aliphatic carbocycles. The van der Waals surface area contributed by atoms with Gasteiger partial charge in [-0.25, -0.2) is 13.3 Å². The minimum absolute atomic E-state index is 0.135. The first-order valence-electron chi connectivity index (χ1n) is 8.44. The van der Waals surface area contributed by atoms with E-state index in [0.717, 1.165) is 23.3 Å². The van der Waals surface area contributed by atoms with Gasteiger partial charge in [-0.15, -0.1) is 5.10 Å². The normalized spacial score (nSPS) is 10.9. The maximum atomic E-state index is 13.7. The van der Waals surface area contributed by atoms with Crippen LogP contribution in [0.25, 0.3) is 16.8 Å².